The van der Waals surface area contributed by atoms with Crippen LogP contribution in [0.2, 0.25) is 0 Å². The first-order chi connectivity index (χ1) is 41.6. The van der Waals surface area contributed by atoms with Crippen molar-refractivity contribution in [3.05, 3.63) is 0 Å². The minimum Gasteiger partial charge on any atom is -0.479 e. The van der Waals surface area contributed by atoms with E-state index < -0.39 is 270 Å². The molecule has 0 aromatic carbocycles. The van der Waals surface area contributed by atoms with Crippen molar-refractivity contribution in [1.29, 1.82) is 0 Å². The van der Waals surface area contributed by atoms with Gasteiger partial charge in [0.1, 0.15) is 146 Å². The Morgan fingerprint density at radius 1 is 0.225 bits per heavy atom. The van der Waals surface area contributed by atoms with E-state index in [1.54, 1.807) is 0 Å². The van der Waals surface area contributed by atoms with Crippen LogP contribution in [-0.4, -0.2) is 382 Å². The van der Waals surface area contributed by atoms with Crippen LogP contribution < -0.4 is 0 Å². The summed E-state index contributed by atoms with van der Waals surface area (Å²) in [6, 6.07) is 0. The van der Waals surface area contributed by atoms with Gasteiger partial charge in [0.25, 0.3) is 0 Å². The Morgan fingerprint density at radius 3 is 0.719 bits per heavy atom. The van der Waals surface area contributed by atoms with E-state index in [1.807, 2.05) is 0 Å². The molecule has 89 heavy (non-hydrogen) atoms. The molecule has 8 heterocycles. The summed E-state index contributed by atoms with van der Waals surface area (Å²) in [5.41, 5.74) is 0. The number of carboxylic acids is 4. The number of carboxylic acid groups (broad SMARTS) is 4. The fourth-order valence-electron chi connectivity index (χ4n) is 11.1. The minimum atomic E-state index is -2.57. The Morgan fingerprint density at radius 2 is 0.438 bits per heavy atom. The fourth-order valence-corrected chi connectivity index (χ4v) is 11.1. The molecular weight excluding hydrogens is 1230 g/mol. The number of hydrogen-bond donors (Lipinski definition) is 22. The summed E-state index contributed by atoms with van der Waals surface area (Å²) >= 11 is 0. The highest BCUT2D eigenvalue weighted by atomic mass is 16.8. The number of hydrogen-bond acceptors (Lipinski definition) is 37. The summed E-state index contributed by atoms with van der Waals surface area (Å²) in [4.78, 5) is 50.2. The molecule has 22 N–H and O–H groups in total. The Balaban J connectivity index is 0.974. The Labute approximate surface area is 499 Å². The SMILES string of the molecule is C[C@@H]1O[C@H](O)[C@H](O[C@H]2O[C@H](C(=O)O)[C@H](O[C@@H]3O[C@@H](C)[C@H](O)[C@@H](O)[C@H]3O[C@H]3O[C@H](C(=O)O)[C@H](O[C@@H]4O[C@@H](C)[C@H](O)[C@@H](O)[C@H]4O[C@H]4O[C@H](C(=O)O)[C@H](O[C@@H]5O[C@@H](C)[C@H](O)[C@@H](O)[C@H]5O[C@H]5O[C@H](C(=O)O)[C@H](O)[C@H](O)[C@H]5O)[C@H](O)[C@H]4O)[C@H](O)[C@H]3O)[C@H](O)[C@H]2O)[C@H](O)[C@H]1O. The van der Waals surface area contributed by atoms with Gasteiger partial charge in [-0.2, -0.15) is 0 Å². The van der Waals surface area contributed by atoms with Gasteiger partial charge in [0, 0.05) is 0 Å². The molecule has 40 atom stereocenters. The molecule has 0 amide bonds. The molecule has 8 fully saturated rings. The molecule has 41 nitrogen and oxygen atoms in total. The topological polar surface area (TPSA) is 652 Å². The molecule has 0 saturated carbocycles. The summed E-state index contributed by atoms with van der Waals surface area (Å²) < 4.78 is 82.8. The van der Waals surface area contributed by atoms with Crippen molar-refractivity contribution in [3.8, 4) is 0 Å². The van der Waals surface area contributed by atoms with Crippen molar-refractivity contribution in [2.45, 2.75) is 273 Å². The lowest BCUT2D eigenvalue weighted by atomic mass is 9.95. The van der Waals surface area contributed by atoms with Crippen LogP contribution in [-0.2, 0) is 90.2 Å². The number of aliphatic carboxylic acids is 4. The molecule has 0 unspecified atom stereocenters. The first-order valence-electron chi connectivity index (χ1n) is 27.6. The maximum atomic E-state index is 13.0. The molecule has 8 saturated heterocycles. The van der Waals surface area contributed by atoms with Gasteiger partial charge >= 0.3 is 23.9 Å². The normalized spacial score (nSPS) is 53.4. The van der Waals surface area contributed by atoms with E-state index in [1.165, 1.54) is 6.92 Å². The summed E-state index contributed by atoms with van der Waals surface area (Å²) in [7, 11) is 0. The van der Waals surface area contributed by atoms with Crippen molar-refractivity contribution in [3.63, 3.8) is 0 Å². The van der Waals surface area contributed by atoms with Crippen LogP contribution in [0.3, 0.4) is 0 Å². The lowest BCUT2D eigenvalue weighted by molar-refractivity contribution is -0.403. The minimum absolute atomic E-state index is 1.13. The molecule has 8 rings (SSSR count). The monoisotopic (exact) mass is 1310 g/mol. The predicted molar refractivity (Wildman–Crippen MR) is 261 cm³/mol. The molecule has 0 spiro atoms. The van der Waals surface area contributed by atoms with E-state index in [0.717, 1.165) is 20.8 Å². The third-order valence-electron chi connectivity index (χ3n) is 16.4. The Kier molecular flexibility index (Phi) is 23.0. The molecule has 0 aliphatic carbocycles. The molecule has 41 heteroatoms. The first-order valence-corrected chi connectivity index (χ1v) is 27.6. The average molecular weight is 1310 g/mol. The summed E-state index contributed by atoms with van der Waals surface area (Å²) in [5.74, 6) is -7.85. The van der Waals surface area contributed by atoms with Crippen molar-refractivity contribution in [2.75, 3.05) is 0 Å². The van der Waals surface area contributed by atoms with E-state index in [9.17, 15) is 132 Å². The van der Waals surface area contributed by atoms with Crippen LogP contribution in [0.1, 0.15) is 27.7 Å². The van der Waals surface area contributed by atoms with Gasteiger partial charge in [-0.05, 0) is 27.7 Å². The zero-order chi connectivity index (χ0) is 66.0. The molecule has 0 aromatic rings. The maximum Gasteiger partial charge on any atom is 0.335 e. The number of aliphatic hydroxyl groups excluding tert-OH is 18. The van der Waals surface area contributed by atoms with Gasteiger partial charge in [0.15, 0.2) is 74.7 Å². The number of carbonyl (C=O) groups is 4. The third kappa shape index (κ3) is 14.3. The van der Waals surface area contributed by atoms with Gasteiger partial charge in [0.05, 0.1) is 24.4 Å². The molecule has 0 radical (unpaired) electrons. The van der Waals surface area contributed by atoms with Gasteiger partial charge < -0.3 is 183 Å². The van der Waals surface area contributed by atoms with Crippen LogP contribution in [0, 0.1) is 0 Å². The molecule has 0 bridgehead atoms. The zero-order valence-corrected chi connectivity index (χ0v) is 46.7. The molecule has 8 aliphatic rings. The second-order valence-electron chi connectivity index (χ2n) is 22.5. The lowest BCUT2D eigenvalue weighted by Gasteiger charge is -2.50. The number of ether oxygens (including phenoxy) is 15. The van der Waals surface area contributed by atoms with E-state index >= 15 is 0 Å². The van der Waals surface area contributed by atoms with Gasteiger partial charge in [0.2, 0.25) is 0 Å². The first kappa shape index (κ1) is 71.4. The predicted octanol–water partition coefficient (Wildman–Crippen LogP) is -14.0. The standard InChI is InChI=1S/C48H74O41/c1-5-9(49)14(54)30(41(74)75-5)83-43-23(63)19(59)26(34(87-43)38(68)69)79-47-32(16(56)11(51)7(3)77-47)85-45-25(65)21(61)28(36(89-45)40(72)73)81-48-33(17(57)12(52)8(4)78-48)86-44-24(64)20(60)27(35(88-44)39(70)71)80-46-31(15(55)10(50)6(2)76-46)84-42-22(62)13(53)18(58)29(82-42)37(66)67/h5-36,41-65,74H,1-4H3,(H,66,67)(H,68,69)(H,70,71)(H,72,73)/t5-,6-,7-,8-,9-,10-,11-,12-,13-,14+,15+,16+,17+,18+,19+,20+,21+,22+,23+,24+,25+,26+,27+,28+,29-,30+,31+,32+,33+,34-,35-,36-,41-,42+,43-,44-,45-,46-,47-,48-/m0/s1. The summed E-state index contributed by atoms with van der Waals surface area (Å²) in [5, 5.41) is 237. The zero-order valence-electron chi connectivity index (χ0n) is 46.7. The quantitative estimate of drug-likeness (QED) is 0.0606. The third-order valence-corrected chi connectivity index (χ3v) is 16.4. The second kappa shape index (κ2) is 28.6. The highest BCUT2D eigenvalue weighted by Crippen LogP contribution is 2.39. The largest absolute Gasteiger partial charge is 0.479 e. The summed E-state index contributed by atoms with van der Waals surface area (Å²) in [6.07, 6.45) is -86.8. The van der Waals surface area contributed by atoms with Gasteiger partial charge in [-0.25, -0.2) is 19.2 Å². The van der Waals surface area contributed by atoms with Gasteiger partial charge in [-0.3, -0.25) is 0 Å². The van der Waals surface area contributed by atoms with E-state index in [4.69, 9.17) is 71.1 Å². The average Bonchev–Trinajstić information content (AvgIpc) is 1.10. The van der Waals surface area contributed by atoms with Gasteiger partial charge in [-0.15, -0.1) is 0 Å². The van der Waals surface area contributed by atoms with Crippen molar-refractivity contribution in [1.82, 2.24) is 0 Å². The highest BCUT2D eigenvalue weighted by Gasteiger charge is 2.61. The number of rotatable bonds is 18. The van der Waals surface area contributed by atoms with Crippen LogP contribution in [0.4, 0.5) is 0 Å². The van der Waals surface area contributed by atoms with E-state index in [2.05, 4.69) is 0 Å². The molecular formula is C48H74O41. The Bertz CT molecular complexity index is 2400. The summed E-state index contributed by atoms with van der Waals surface area (Å²) in [6.45, 7) is 4.73. The molecule has 0 aromatic heterocycles. The Hall–Kier alpha value is -3.44. The van der Waals surface area contributed by atoms with E-state index in [-0.39, 0.29) is 0 Å². The number of aliphatic hydroxyl groups is 18. The van der Waals surface area contributed by atoms with Crippen molar-refractivity contribution < 1.29 is 203 Å². The van der Waals surface area contributed by atoms with Crippen molar-refractivity contribution >= 4 is 23.9 Å². The van der Waals surface area contributed by atoms with Crippen LogP contribution in [0.25, 0.3) is 0 Å². The van der Waals surface area contributed by atoms with Crippen molar-refractivity contribution in [2.24, 2.45) is 0 Å². The van der Waals surface area contributed by atoms with Crippen LogP contribution >= 0.6 is 0 Å². The van der Waals surface area contributed by atoms with Gasteiger partial charge in [-0.1, -0.05) is 0 Å². The van der Waals surface area contributed by atoms with E-state index in [0.29, 0.717) is 0 Å². The second-order valence-corrected chi connectivity index (χ2v) is 22.5. The highest BCUT2D eigenvalue weighted by molar-refractivity contribution is 5.74. The van der Waals surface area contributed by atoms with Crippen LogP contribution in [0.15, 0.2) is 0 Å². The molecule has 8 aliphatic heterocycles. The smallest absolute Gasteiger partial charge is 0.335 e. The fraction of sp³-hybridized carbons (Fsp3) is 0.917. The molecule has 512 valence electrons. The maximum absolute atomic E-state index is 13.0. The van der Waals surface area contributed by atoms with Crippen LogP contribution in [0.5, 0.6) is 0 Å². The lowest BCUT2D eigenvalue weighted by Crippen LogP contribution is -2.69.